The summed E-state index contributed by atoms with van der Waals surface area (Å²) in [4.78, 5) is 27.3. The topological polar surface area (TPSA) is 101 Å². The van der Waals surface area contributed by atoms with Gasteiger partial charge in [-0.3, -0.25) is 15.1 Å². The number of hydrogen-bond acceptors (Lipinski definition) is 3. The van der Waals surface area contributed by atoms with Gasteiger partial charge in [0.1, 0.15) is 0 Å². The first-order chi connectivity index (χ1) is 5.59. The highest BCUT2D eigenvalue weighted by Crippen LogP contribution is 1.91. The highest BCUT2D eigenvalue weighted by Gasteiger charge is 1.99. The Kier molecular flexibility index (Phi) is 2.09. The molecule has 0 spiro atoms. The molecule has 0 aliphatic rings. The number of nitrogens with zero attached hydrogens (tertiary/aromatic N) is 1. The fourth-order valence-corrected chi connectivity index (χ4v) is 0.639. The fourth-order valence-electron chi connectivity index (χ4n) is 0.639. The van der Waals surface area contributed by atoms with Gasteiger partial charge in [0.2, 0.25) is 5.95 Å². The van der Waals surface area contributed by atoms with Crippen LogP contribution in [0.15, 0.2) is 11.0 Å². The van der Waals surface area contributed by atoms with Crippen LogP contribution in [0.1, 0.15) is 5.56 Å². The van der Waals surface area contributed by atoms with Gasteiger partial charge in [-0.1, -0.05) is 0 Å². The lowest BCUT2D eigenvalue weighted by atomic mass is 10.4. The second-order valence-corrected chi connectivity index (χ2v) is 2.23. The van der Waals surface area contributed by atoms with E-state index < -0.39 is 6.03 Å². The molecule has 0 saturated carbocycles. The highest BCUT2D eigenvalue weighted by molar-refractivity contribution is 5.85. The number of aryl methyl sites for hydroxylation is 1. The van der Waals surface area contributed by atoms with Crippen LogP contribution < -0.4 is 16.6 Å². The maximum absolute atomic E-state index is 10.9. The van der Waals surface area contributed by atoms with Gasteiger partial charge in [0.05, 0.1) is 0 Å². The molecule has 2 amide bonds. The van der Waals surface area contributed by atoms with E-state index in [1.807, 2.05) is 0 Å². The number of H-pyrrole nitrogens is 1. The molecule has 0 unspecified atom stereocenters. The predicted octanol–water partition coefficient (Wildman–Crippen LogP) is -0.431. The van der Waals surface area contributed by atoms with Crippen LogP contribution in [0.3, 0.4) is 0 Å². The lowest BCUT2D eigenvalue weighted by Gasteiger charge is -1.98. The Labute approximate surface area is 67.8 Å². The number of anilines is 1. The summed E-state index contributed by atoms with van der Waals surface area (Å²) in [6.45, 7) is 1.61. The highest BCUT2D eigenvalue weighted by atomic mass is 16.2. The van der Waals surface area contributed by atoms with E-state index in [1.165, 1.54) is 6.20 Å². The molecule has 0 saturated heterocycles. The average Bonchev–Trinajstić information content (AvgIpc) is 1.96. The molecule has 0 atom stereocenters. The first-order valence-corrected chi connectivity index (χ1v) is 3.22. The molecule has 1 rings (SSSR count). The zero-order valence-electron chi connectivity index (χ0n) is 6.42. The lowest BCUT2D eigenvalue weighted by molar-refractivity contribution is 0.259. The number of hydrogen-bond donors (Lipinski definition) is 3. The van der Waals surface area contributed by atoms with E-state index in [-0.39, 0.29) is 11.5 Å². The van der Waals surface area contributed by atoms with E-state index in [0.29, 0.717) is 5.56 Å². The van der Waals surface area contributed by atoms with Crippen LogP contribution in [0, 0.1) is 6.92 Å². The molecule has 1 heterocycles. The Hall–Kier alpha value is -1.85. The van der Waals surface area contributed by atoms with Crippen molar-refractivity contribution in [2.75, 3.05) is 5.32 Å². The van der Waals surface area contributed by atoms with Crippen molar-refractivity contribution >= 4 is 12.0 Å². The van der Waals surface area contributed by atoms with Gasteiger partial charge < -0.3 is 5.73 Å². The van der Waals surface area contributed by atoms with Gasteiger partial charge in [-0.2, -0.15) is 0 Å². The maximum Gasteiger partial charge on any atom is 0.318 e. The first kappa shape index (κ1) is 8.25. The Morgan fingerprint density at radius 2 is 2.42 bits per heavy atom. The molecule has 4 N–H and O–H groups in total. The Bertz CT molecular complexity index is 357. The Morgan fingerprint density at radius 1 is 1.75 bits per heavy atom. The number of nitrogens with two attached hydrogens (primary N) is 1. The van der Waals surface area contributed by atoms with E-state index in [4.69, 9.17) is 5.73 Å². The number of amides is 2. The van der Waals surface area contributed by atoms with Crippen LogP contribution in [0.25, 0.3) is 0 Å². The van der Waals surface area contributed by atoms with E-state index in [9.17, 15) is 9.59 Å². The summed E-state index contributed by atoms with van der Waals surface area (Å²) in [5, 5.41) is 2.14. The zero-order valence-corrected chi connectivity index (χ0v) is 6.42. The molecule has 64 valence electrons. The summed E-state index contributed by atoms with van der Waals surface area (Å²) in [7, 11) is 0. The normalized spacial score (nSPS) is 9.42. The summed E-state index contributed by atoms with van der Waals surface area (Å²) >= 11 is 0. The summed E-state index contributed by atoms with van der Waals surface area (Å²) in [5.74, 6) is 0.0538. The van der Waals surface area contributed by atoms with Crippen molar-refractivity contribution in [1.29, 1.82) is 0 Å². The van der Waals surface area contributed by atoms with E-state index in [2.05, 4.69) is 15.3 Å². The molecule has 6 nitrogen and oxygen atoms in total. The number of carbonyl (C=O) groups excluding carboxylic acids is 1. The number of urea groups is 1. The second kappa shape index (κ2) is 3.04. The smallest absolute Gasteiger partial charge is 0.318 e. The van der Waals surface area contributed by atoms with Crippen molar-refractivity contribution in [1.82, 2.24) is 9.97 Å². The van der Waals surface area contributed by atoms with Gasteiger partial charge in [-0.25, -0.2) is 9.78 Å². The van der Waals surface area contributed by atoms with Gasteiger partial charge in [-0.05, 0) is 6.92 Å². The monoisotopic (exact) mass is 168 g/mol. The minimum Gasteiger partial charge on any atom is -0.351 e. The standard InChI is InChI=1S/C6H8N4O2/c1-3-2-8-6(9-4(3)11)10-5(7)12/h2H,1H3,(H4,7,8,9,10,11,12). The van der Waals surface area contributed by atoms with E-state index >= 15 is 0 Å². The molecule has 0 aliphatic carbocycles. The zero-order chi connectivity index (χ0) is 9.14. The van der Waals surface area contributed by atoms with Crippen LogP contribution in [-0.2, 0) is 0 Å². The van der Waals surface area contributed by atoms with Crippen LogP contribution in [-0.4, -0.2) is 16.0 Å². The molecule has 1 aromatic heterocycles. The molecule has 0 aromatic carbocycles. The number of nitrogens with one attached hydrogen (secondary N) is 2. The van der Waals surface area contributed by atoms with E-state index in [0.717, 1.165) is 0 Å². The van der Waals surface area contributed by atoms with Gasteiger partial charge in [0.15, 0.2) is 0 Å². The maximum atomic E-state index is 10.9. The summed E-state index contributed by atoms with van der Waals surface area (Å²) in [6.07, 6.45) is 1.35. The third-order valence-corrected chi connectivity index (χ3v) is 1.22. The van der Waals surface area contributed by atoms with Gasteiger partial charge in [0.25, 0.3) is 5.56 Å². The molecular weight excluding hydrogens is 160 g/mol. The van der Waals surface area contributed by atoms with Crippen molar-refractivity contribution in [3.8, 4) is 0 Å². The molecule has 0 radical (unpaired) electrons. The summed E-state index contributed by atoms with van der Waals surface area (Å²) < 4.78 is 0. The Balaban J connectivity index is 2.97. The molecule has 0 fully saturated rings. The van der Waals surface area contributed by atoms with Crippen molar-refractivity contribution in [3.05, 3.63) is 22.1 Å². The Morgan fingerprint density at radius 3 is 2.92 bits per heavy atom. The lowest BCUT2D eigenvalue weighted by Crippen LogP contribution is -2.23. The molecular formula is C6H8N4O2. The summed E-state index contributed by atoms with van der Waals surface area (Å²) in [5.41, 5.74) is 4.98. The van der Waals surface area contributed by atoms with Crippen LogP contribution in [0.4, 0.5) is 10.7 Å². The largest absolute Gasteiger partial charge is 0.351 e. The molecule has 1 aromatic rings. The third-order valence-electron chi connectivity index (χ3n) is 1.22. The first-order valence-electron chi connectivity index (χ1n) is 3.22. The second-order valence-electron chi connectivity index (χ2n) is 2.23. The number of aromatic nitrogens is 2. The van der Waals surface area contributed by atoms with Gasteiger partial charge >= 0.3 is 6.03 Å². The van der Waals surface area contributed by atoms with Crippen LogP contribution in [0.2, 0.25) is 0 Å². The third kappa shape index (κ3) is 1.82. The quantitative estimate of drug-likeness (QED) is 0.530. The number of rotatable bonds is 1. The van der Waals surface area contributed by atoms with Gasteiger partial charge in [0, 0.05) is 11.8 Å². The SMILES string of the molecule is Cc1cnc(NC(N)=O)[nH]c1=O. The number of carbonyl (C=O) groups is 1. The number of primary amides is 1. The predicted molar refractivity (Wildman–Crippen MR) is 42.8 cm³/mol. The van der Waals surface area contributed by atoms with Crippen molar-refractivity contribution < 1.29 is 4.79 Å². The average molecular weight is 168 g/mol. The van der Waals surface area contributed by atoms with E-state index in [1.54, 1.807) is 6.92 Å². The van der Waals surface area contributed by atoms with Crippen molar-refractivity contribution in [2.45, 2.75) is 6.92 Å². The summed E-state index contributed by atoms with van der Waals surface area (Å²) in [6, 6.07) is -0.762. The minimum atomic E-state index is -0.762. The fraction of sp³-hybridized carbons (Fsp3) is 0.167. The molecule has 0 bridgehead atoms. The molecule has 0 aliphatic heterocycles. The van der Waals surface area contributed by atoms with Crippen LogP contribution >= 0.6 is 0 Å². The van der Waals surface area contributed by atoms with Crippen molar-refractivity contribution in [3.63, 3.8) is 0 Å². The van der Waals surface area contributed by atoms with Crippen LogP contribution in [0.5, 0.6) is 0 Å². The number of aromatic amines is 1. The molecule has 12 heavy (non-hydrogen) atoms. The van der Waals surface area contributed by atoms with Gasteiger partial charge in [-0.15, -0.1) is 0 Å². The van der Waals surface area contributed by atoms with Crippen molar-refractivity contribution in [2.24, 2.45) is 5.73 Å². The molecule has 6 heteroatoms. The minimum absolute atomic E-state index is 0.0538.